The van der Waals surface area contributed by atoms with E-state index < -0.39 is 5.82 Å². The van der Waals surface area contributed by atoms with Gasteiger partial charge in [0, 0.05) is 31.8 Å². The Kier molecular flexibility index (Phi) is 4.47. The highest BCUT2D eigenvalue weighted by atomic mass is 19.1. The highest BCUT2D eigenvalue weighted by Crippen LogP contribution is 2.32. The Labute approximate surface area is 113 Å². The number of rotatable bonds is 3. The summed E-state index contributed by atoms with van der Waals surface area (Å²) in [6, 6.07) is 3.02. The Morgan fingerprint density at radius 1 is 1.53 bits per heavy atom. The van der Waals surface area contributed by atoms with Gasteiger partial charge in [-0.15, -0.1) is 0 Å². The van der Waals surface area contributed by atoms with Crippen LogP contribution in [0.2, 0.25) is 0 Å². The van der Waals surface area contributed by atoms with Crippen LogP contribution in [0.25, 0.3) is 0 Å². The van der Waals surface area contributed by atoms with Crippen molar-refractivity contribution < 1.29 is 13.9 Å². The van der Waals surface area contributed by atoms with Crippen molar-refractivity contribution in [2.75, 3.05) is 36.9 Å². The quantitative estimate of drug-likeness (QED) is 0.855. The van der Waals surface area contributed by atoms with Gasteiger partial charge in [-0.3, -0.25) is 0 Å². The molecule has 0 bridgehead atoms. The van der Waals surface area contributed by atoms with Crippen molar-refractivity contribution >= 4 is 11.4 Å². The summed E-state index contributed by atoms with van der Waals surface area (Å²) in [5.74, 6) is -0.160. The van der Waals surface area contributed by atoms with Crippen LogP contribution in [0.3, 0.4) is 0 Å². The number of nitrogens with zero attached hydrogens (tertiary/aromatic N) is 1. The monoisotopic (exact) mass is 268 g/mol. The second-order valence-corrected chi connectivity index (χ2v) is 4.76. The molecule has 2 N–H and O–H groups in total. The van der Waals surface area contributed by atoms with Gasteiger partial charge in [-0.1, -0.05) is 0 Å². The minimum absolute atomic E-state index is 0.141. The van der Waals surface area contributed by atoms with Crippen LogP contribution >= 0.6 is 0 Å². The van der Waals surface area contributed by atoms with Crippen LogP contribution < -0.4 is 15.4 Å². The third-order valence-electron chi connectivity index (χ3n) is 3.17. The average molecular weight is 268 g/mol. The topological polar surface area (TPSA) is 47.7 Å². The first-order chi connectivity index (χ1) is 9.11. The van der Waals surface area contributed by atoms with Crippen molar-refractivity contribution in [3.63, 3.8) is 0 Å². The van der Waals surface area contributed by atoms with Crippen LogP contribution in [0.4, 0.5) is 15.8 Å². The molecule has 19 heavy (non-hydrogen) atoms. The van der Waals surface area contributed by atoms with Gasteiger partial charge in [0.2, 0.25) is 0 Å². The third kappa shape index (κ3) is 3.29. The predicted molar refractivity (Wildman–Crippen MR) is 74.2 cm³/mol. The minimum atomic E-state index is -0.415. The number of nitrogens with two attached hydrogens (primary N) is 1. The lowest BCUT2D eigenvalue weighted by Gasteiger charge is -2.26. The maximum absolute atomic E-state index is 13.7. The molecule has 1 saturated heterocycles. The highest BCUT2D eigenvalue weighted by Gasteiger charge is 2.19. The zero-order valence-corrected chi connectivity index (χ0v) is 11.5. The Morgan fingerprint density at radius 3 is 3.05 bits per heavy atom. The molecular formula is C14H21FN2O2. The van der Waals surface area contributed by atoms with Gasteiger partial charge in [-0.25, -0.2) is 4.39 Å². The van der Waals surface area contributed by atoms with Gasteiger partial charge in [0.15, 0.2) is 11.6 Å². The summed E-state index contributed by atoms with van der Waals surface area (Å²) in [6.07, 6.45) is 1.08. The van der Waals surface area contributed by atoms with Crippen LogP contribution in [0.5, 0.6) is 5.75 Å². The molecule has 1 fully saturated rings. The largest absolute Gasteiger partial charge is 0.491 e. The second-order valence-electron chi connectivity index (χ2n) is 4.76. The van der Waals surface area contributed by atoms with E-state index in [0.29, 0.717) is 12.3 Å². The van der Waals surface area contributed by atoms with Crippen LogP contribution in [0, 0.1) is 5.82 Å². The van der Waals surface area contributed by atoms with Crippen LogP contribution in [0.15, 0.2) is 12.1 Å². The van der Waals surface area contributed by atoms with E-state index in [1.807, 2.05) is 13.8 Å². The lowest BCUT2D eigenvalue weighted by Crippen LogP contribution is -2.30. The molecule has 1 atom stereocenters. The molecule has 5 heteroatoms. The number of halogens is 1. The number of hydrogen-bond acceptors (Lipinski definition) is 4. The van der Waals surface area contributed by atoms with Gasteiger partial charge in [0.25, 0.3) is 0 Å². The molecule has 1 aliphatic rings. The van der Waals surface area contributed by atoms with E-state index in [9.17, 15) is 4.39 Å². The van der Waals surface area contributed by atoms with Gasteiger partial charge < -0.3 is 20.1 Å². The van der Waals surface area contributed by atoms with Crippen LogP contribution in [-0.2, 0) is 4.74 Å². The molecule has 1 unspecified atom stereocenters. The van der Waals surface area contributed by atoms with Gasteiger partial charge in [0.05, 0.1) is 24.1 Å². The molecule has 4 nitrogen and oxygen atoms in total. The van der Waals surface area contributed by atoms with Crippen molar-refractivity contribution in [3.05, 3.63) is 17.9 Å². The van der Waals surface area contributed by atoms with E-state index in [1.54, 1.807) is 6.07 Å². The molecular weight excluding hydrogens is 247 g/mol. The van der Waals surface area contributed by atoms with Gasteiger partial charge in [-0.2, -0.15) is 0 Å². The van der Waals surface area contributed by atoms with Crippen molar-refractivity contribution in [1.29, 1.82) is 0 Å². The standard InChI is InChI=1S/C14H21FN2O2/c1-3-18-14-8-13(12(16)7-11(14)15)17-5-4-6-19-10(2)9-17/h7-8,10H,3-6,9,16H2,1-2H3. The minimum Gasteiger partial charge on any atom is -0.491 e. The van der Waals surface area contributed by atoms with Crippen molar-refractivity contribution in [2.24, 2.45) is 0 Å². The Bertz CT molecular complexity index is 440. The predicted octanol–water partition coefficient (Wildman–Crippen LogP) is 2.42. The smallest absolute Gasteiger partial charge is 0.167 e. The van der Waals surface area contributed by atoms with E-state index in [1.165, 1.54) is 6.07 Å². The van der Waals surface area contributed by atoms with Crippen LogP contribution in [0.1, 0.15) is 20.3 Å². The molecule has 2 rings (SSSR count). The average Bonchev–Trinajstić information content (AvgIpc) is 2.57. The summed E-state index contributed by atoms with van der Waals surface area (Å²) in [6.45, 7) is 6.64. The molecule has 0 saturated carbocycles. The number of hydrogen-bond donors (Lipinski definition) is 1. The number of ether oxygens (including phenoxy) is 2. The fraction of sp³-hybridized carbons (Fsp3) is 0.571. The van der Waals surface area contributed by atoms with Crippen molar-refractivity contribution in [1.82, 2.24) is 0 Å². The molecule has 1 aromatic carbocycles. The first-order valence-corrected chi connectivity index (χ1v) is 6.70. The molecule has 0 radical (unpaired) electrons. The van der Waals surface area contributed by atoms with Gasteiger partial charge in [0.1, 0.15) is 0 Å². The van der Waals surface area contributed by atoms with Crippen molar-refractivity contribution in [2.45, 2.75) is 26.4 Å². The summed E-state index contributed by atoms with van der Waals surface area (Å²) in [7, 11) is 0. The third-order valence-corrected chi connectivity index (χ3v) is 3.17. The molecule has 1 aromatic rings. The number of nitrogen functional groups attached to an aromatic ring is 1. The van der Waals surface area contributed by atoms with Crippen LogP contribution in [-0.4, -0.2) is 32.4 Å². The maximum atomic E-state index is 13.7. The molecule has 0 aliphatic carbocycles. The zero-order valence-electron chi connectivity index (χ0n) is 11.5. The summed E-state index contributed by atoms with van der Waals surface area (Å²) < 4.78 is 24.6. The van der Waals surface area contributed by atoms with E-state index in [4.69, 9.17) is 15.2 Å². The van der Waals surface area contributed by atoms with E-state index in [-0.39, 0.29) is 11.9 Å². The summed E-state index contributed by atoms with van der Waals surface area (Å²) in [4.78, 5) is 2.13. The van der Waals surface area contributed by atoms with Gasteiger partial charge in [-0.05, 0) is 20.3 Å². The second kappa shape index (κ2) is 6.10. The van der Waals surface area contributed by atoms with Crippen molar-refractivity contribution in [3.8, 4) is 5.75 Å². The van der Waals surface area contributed by atoms with E-state index in [0.717, 1.165) is 31.8 Å². The highest BCUT2D eigenvalue weighted by molar-refractivity contribution is 5.70. The fourth-order valence-electron chi connectivity index (χ4n) is 2.31. The molecule has 1 aliphatic heterocycles. The lowest BCUT2D eigenvalue weighted by molar-refractivity contribution is 0.0821. The molecule has 0 amide bonds. The Morgan fingerprint density at radius 2 is 2.32 bits per heavy atom. The SMILES string of the molecule is CCOc1cc(N2CCCOC(C)C2)c(N)cc1F. The zero-order chi connectivity index (χ0) is 13.8. The lowest BCUT2D eigenvalue weighted by atomic mass is 10.2. The fourth-order valence-corrected chi connectivity index (χ4v) is 2.31. The normalized spacial score (nSPS) is 20.2. The Hall–Kier alpha value is -1.49. The first-order valence-electron chi connectivity index (χ1n) is 6.70. The summed E-state index contributed by atoms with van der Waals surface area (Å²) in [5.41, 5.74) is 7.20. The summed E-state index contributed by atoms with van der Waals surface area (Å²) in [5, 5.41) is 0. The first kappa shape index (κ1) is 13.9. The molecule has 0 spiro atoms. The number of benzene rings is 1. The van der Waals surface area contributed by atoms with E-state index in [2.05, 4.69) is 4.90 Å². The molecule has 106 valence electrons. The maximum Gasteiger partial charge on any atom is 0.167 e. The summed E-state index contributed by atoms with van der Waals surface area (Å²) >= 11 is 0. The van der Waals surface area contributed by atoms with E-state index >= 15 is 0 Å². The number of anilines is 2. The van der Waals surface area contributed by atoms with Gasteiger partial charge >= 0.3 is 0 Å². The Balaban J connectivity index is 2.29. The molecule has 1 heterocycles. The molecule has 0 aromatic heterocycles.